The second-order valence-corrected chi connectivity index (χ2v) is 13.3. The Bertz CT molecular complexity index is 1610. The average Bonchev–Trinajstić information content (AvgIpc) is 3.20. The maximum Gasteiger partial charge on any atom is 0.229 e. The van der Waals surface area contributed by atoms with E-state index < -0.39 is 10.0 Å². The summed E-state index contributed by atoms with van der Waals surface area (Å²) in [5, 5.41) is 4.66. The van der Waals surface area contributed by atoms with Gasteiger partial charge in [-0.05, 0) is 99.1 Å². The van der Waals surface area contributed by atoms with Crippen molar-refractivity contribution in [3.05, 3.63) is 88.2 Å². The minimum Gasteiger partial charge on any atom is -0.365 e. The monoisotopic (exact) mass is 581 g/mol. The van der Waals surface area contributed by atoms with E-state index in [2.05, 4.69) is 64.8 Å². The molecule has 1 saturated heterocycles. The number of halogens is 1. The summed E-state index contributed by atoms with van der Waals surface area (Å²) in [5.74, 6) is 0. The summed E-state index contributed by atoms with van der Waals surface area (Å²) in [5.41, 5.74) is 7.15. The Morgan fingerprint density at radius 2 is 1.87 bits per heavy atom. The van der Waals surface area contributed by atoms with Crippen LogP contribution in [0.1, 0.15) is 55.2 Å². The lowest BCUT2D eigenvalue weighted by molar-refractivity contribution is 0.567. The van der Waals surface area contributed by atoms with Crippen molar-refractivity contribution in [3.63, 3.8) is 0 Å². The Labute approximate surface area is 240 Å². The van der Waals surface area contributed by atoms with E-state index in [4.69, 9.17) is 23.8 Å². The number of aromatic nitrogens is 1. The van der Waals surface area contributed by atoms with Crippen molar-refractivity contribution < 1.29 is 8.42 Å². The second kappa shape index (κ2) is 9.80. The molecule has 3 heterocycles. The zero-order chi connectivity index (χ0) is 28.3. The topological polar surface area (TPSA) is 77.6 Å². The lowest BCUT2D eigenvalue weighted by atomic mass is 9.86. The predicted molar refractivity (Wildman–Crippen MR) is 165 cm³/mol. The number of fused-ring (bicyclic) bond motifs is 1. The van der Waals surface area contributed by atoms with Crippen molar-refractivity contribution in [1.29, 1.82) is 0 Å². The Hall–Kier alpha value is -3.14. The molecule has 0 bridgehead atoms. The number of aryl methyl sites for hydroxylation is 1. The first kappa shape index (κ1) is 27.4. The van der Waals surface area contributed by atoms with E-state index in [0.717, 1.165) is 40.0 Å². The molecule has 0 amide bonds. The smallest absolute Gasteiger partial charge is 0.229 e. The largest absolute Gasteiger partial charge is 0.365 e. The highest BCUT2D eigenvalue weighted by atomic mass is 35.5. The van der Waals surface area contributed by atoms with Gasteiger partial charge in [0.15, 0.2) is 5.11 Å². The van der Waals surface area contributed by atoms with Crippen molar-refractivity contribution in [1.82, 2.24) is 10.3 Å². The molecule has 204 valence electrons. The maximum absolute atomic E-state index is 11.8. The highest BCUT2D eigenvalue weighted by Gasteiger charge is 2.42. The first-order chi connectivity index (χ1) is 18.3. The van der Waals surface area contributed by atoms with Crippen LogP contribution in [0.25, 0.3) is 5.57 Å². The molecule has 2 N–H and O–H groups in total. The van der Waals surface area contributed by atoms with E-state index in [1.54, 1.807) is 12.3 Å². The molecule has 2 aromatic carbocycles. The number of allylic oxidation sites excluding steroid dienone is 1. The molecular weight excluding hydrogens is 550 g/mol. The van der Waals surface area contributed by atoms with Gasteiger partial charge in [0, 0.05) is 35.2 Å². The van der Waals surface area contributed by atoms with Crippen LogP contribution in [0, 0.1) is 6.92 Å². The van der Waals surface area contributed by atoms with E-state index in [-0.39, 0.29) is 17.6 Å². The summed E-state index contributed by atoms with van der Waals surface area (Å²) in [6, 6.07) is 15.1. The third-order valence-electron chi connectivity index (χ3n) is 7.54. The molecule has 2 aliphatic rings. The van der Waals surface area contributed by atoms with E-state index >= 15 is 0 Å². The zero-order valence-electron chi connectivity index (χ0n) is 22.8. The van der Waals surface area contributed by atoms with Crippen LogP contribution < -0.4 is 19.8 Å². The summed E-state index contributed by atoms with van der Waals surface area (Å²) in [7, 11) is -1.32. The Balaban J connectivity index is 1.67. The summed E-state index contributed by atoms with van der Waals surface area (Å²) in [4.78, 5) is 8.94. The molecule has 0 saturated carbocycles. The first-order valence-electron chi connectivity index (χ1n) is 12.6. The van der Waals surface area contributed by atoms with Gasteiger partial charge in [-0.1, -0.05) is 23.7 Å². The number of nitrogens with one attached hydrogen (secondary N) is 2. The fraction of sp³-hybridized carbons (Fsp3) is 0.310. The number of benzene rings is 2. The molecule has 2 aliphatic heterocycles. The van der Waals surface area contributed by atoms with Gasteiger partial charge in [-0.15, -0.1) is 0 Å². The van der Waals surface area contributed by atoms with Crippen LogP contribution in [0.4, 0.5) is 17.1 Å². The molecule has 0 aliphatic carbocycles. The first-order valence-corrected chi connectivity index (χ1v) is 15.3. The number of likely N-dealkylation sites (N-methyl/N-ethyl adjacent to an activating group) is 1. The zero-order valence-corrected chi connectivity index (χ0v) is 25.2. The standard InChI is InChI=1S/C29H32ClN5O2S2/c1-17-13-19(10-11-23(17)33-39(6,36)37)35-27(26(32-28(35)38)24-9-7-8-12-31-24)21-14-20-18(2)16-29(3,4)34(5)25(20)15-22(21)30/h7-16,26-27,33H,1-6H3,(H,32,38). The minimum absolute atomic E-state index is 0.139. The van der Waals surface area contributed by atoms with Gasteiger partial charge in [0.05, 0.1) is 35.3 Å². The SMILES string of the molecule is CC1=CC(C)(C)N(C)c2cc(Cl)c(C3C(c4ccccn4)NC(=S)N3c3ccc(NS(C)(=O)=O)c(C)c3)cc21. The van der Waals surface area contributed by atoms with Gasteiger partial charge in [0.25, 0.3) is 0 Å². The van der Waals surface area contributed by atoms with Crippen LogP contribution in [0.3, 0.4) is 0 Å². The summed E-state index contributed by atoms with van der Waals surface area (Å²) in [6.45, 7) is 8.37. The van der Waals surface area contributed by atoms with Gasteiger partial charge in [0.1, 0.15) is 0 Å². The molecule has 39 heavy (non-hydrogen) atoms. The Kier molecular flexibility index (Phi) is 6.89. The quantitative estimate of drug-likeness (QED) is 0.346. The number of hydrogen-bond acceptors (Lipinski definition) is 5. The summed E-state index contributed by atoms with van der Waals surface area (Å²) >= 11 is 13.0. The molecule has 2 atom stereocenters. The lowest BCUT2D eigenvalue weighted by Crippen LogP contribution is -2.42. The van der Waals surface area contributed by atoms with E-state index in [9.17, 15) is 8.42 Å². The molecule has 10 heteroatoms. The molecule has 1 aromatic heterocycles. The normalized spacial score (nSPS) is 20.4. The number of anilines is 3. The van der Waals surface area contributed by atoms with E-state index in [1.165, 1.54) is 5.57 Å². The van der Waals surface area contributed by atoms with Gasteiger partial charge < -0.3 is 15.1 Å². The van der Waals surface area contributed by atoms with Gasteiger partial charge >= 0.3 is 0 Å². The molecule has 5 rings (SSSR count). The highest BCUT2D eigenvalue weighted by Crippen LogP contribution is 2.48. The van der Waals surface area contributed by atoms with Crippen molar-refractivity contribution >= 4 is 61.6 Å². The second-order valence-electron chi connectivity index (χ2n) is 10.8. The molecule has 7 nitrogen and oxygen atoms in total. The van der Waals surface area contributed by atoms with Crippen LogP contribution >= 0.6 is 23.8 Å². The number of sulfonamides is 1. The Morgan fingerprint density at radius 1 is 1.13 bits per heavy atom. The van der Waals surface area contributed by atoms with Crippen molar-refractivity contribution in [2.24, 2.45) is 0 Å². The summed E-state index contributed by atoms with van der Waals surface area (Å²) < 4.78 is 26.3. The molecular formula is C29H32ClN5O2S2. The lowest BCUT2D eigenvalue weighted by Gasteiger charge is -2.41. The molecule has 3 aromatic rings. The summed E-state index contributed by atoms with van der Waals surface area (Å²) in [6.07, 6.45) is 5.18. The average molecular weight is 582 g/mol. The van der Waals surface area contributed by atoms with Crippen LogP contribution in [0.5, 0.6) is 0 Å². The van der Waals surface area contributed by atoms with Gasteiger partial charge in [-0.2, -0.15) is 0 Å². The fourth-order valence-electron chi connectivity index (χ4n) is 5.48. The van der Waals surface area contributed by atoms with Crippen LogP contribution in [-0.4, -0.2) is 37.4 Å². The fourth-order valence-corrected chi connectivity index (χ4v) is 6.72. The van der Waals surface area contributed by atoms with Crippen LogP contribution in [0.2, 0.25) is 5.02 Å². The molecule has 0 spiro atoms. The van der Waals surface area contributed by atoms with Crippen molar-refractivity contribution in [2.45, 2.75) is 45.3 Å². The number of pyridine rings is 1. The number of nitrogens with zero attached hydrogens (tertiary/aromatic N) is 3. The molecule has 1 fully saturated rings. The van der Waals surface area contributed by atoms with Crippen LogP contribution in [-0.2, 0) is 10.0 Å². The third kappa shape index (κ3) is 5.11. The Morgan fingerprint density at radius 3 is 2.51 bits per heavy atom. The van der Waals surface area contributed by atoms with Gasteiger partial charge in [-0.25, -0.2) is 8.42 Å². The van der Waals surface area contributed by atoms with Gasteiger partial charge in [0.2, 0.25) is 10.0 Å². The highest BCUT2D eigenvalue weighted by molar-refractivity contribution is 7.92. The van der Waals surface area contributed by atoms with Crippen molar-refractivity contribution in [3.8, 4) is 0 Å². The number of thiocarbonyl (C=S) groups is 1. The van der Waals surface area contributed by atoms with E-state index in [1.807, 2.05) is 43.3 Å². The number of rotatable bonds is 5. The molecule has 2 unspecified atom stereocenters. The maximum atomic E-state index is 11.8. The van der Waals surface area contributed by atoms with E-state index in [0.29, 0.717) is 15.8 Å². The van der Waals surface area contributed by atoms with Gasteiger partial charge in [-0.3, -0.25) is 9.71 Å². The minimum atomic E-state index is -3.41. The van der Waals surface area contributed by atoms with Crippen molar-refractivity contribution in [2.75, 3.05) is 27.8 Å². The molecule has 0 radical (unpaired) electrons. The third-order valence-corrected chi connectivity index (χ3v) is 8.77. The number of hydrogen-bond donors (Lipinski definition) is 2. The predicted octanol–water partition coefficient (Wildman–Crippen LogP) is 6.22. The van der Waals surface area contributed by atoms with Crippen LogP contribution in [0.15, 0.2) is 60.8 Å².